The summed E-state index contributed by atoms with van der Waals surface area (Å²) in [7, 11) is 0. The number of anilines is 1. The molecule has 0 saturated carbocycles. The lowest BCUT2D eigenvalue weighted by atomic mass is 10.0. The zero-order valence-electron chi connectivity index (χ0n) is 15.4. The molecule has 0 bridgehead atoms. The number of pyridine rings is 1. The van der Waals surface area contributed by atoms with Gasteiger partial charge in [-0.2, -0.15) is 13.2 Å². The van der Waals surface area contributed by atoms with E-state index in [0.29, 0.717) is 11.6 Å². The average Bonchev–Trinajstić information content (AvgIpc) is 2.67. The van der Waals surface area contributed by atoms with E-state index in [0.717, 1.165) is 81.1 Å². The van der Waals surface area contributed by atoms with Gasteiger partial charge in [-0.15, -0.1) is 0 Å². The van der Waals surface area contributed by atoms with Crippen molar-refractivity contribution in [3.8, 4) is 0 Å². The van der Waals surface area contributed by atoms with Crippen molar-refractivity contribution >= 4 is 16.6 Å². The third-order valence-corrected chi connectivity index (χ3v) is 5.61. The van der Waals surface area contributed by atoms with Crippen LogP contribution in [0.25, 0.3) is 10.9 Å². The van der Waals surface area contributed by atoms with Gasteiger partial charge in [0, 0.05) is 49.0 Å². The molecule has 1 aromatic heterocycles. The van der Waals surface area contributed by atoms with Gasteiger partial charge in [-0.05, 0) is 38.0 Å². The Kier molecular flexibility index (Phi) is 4.99. The Morgan fingerprint density at radius 2 is 1.74 bits per heavy atom. The predicted molar refractivity (Wildman–Crippen MR) is 99.1 cm³/mol. The number of alkyl halides is 3. The van der Waals surface area contributed by atoms with Crippen molar-refractivity contribution in [3.05, 3.63) is 35.5 Å². The first-order chi connectivity index (χ1) is 12.9. The van der Waals surface area contributed by atoms with E-state index in [9.17, 15) is 13.2 Å². The van der Waals surface area contributed by atoms with Gasteiger partial charge in [-0.1, -0.05) is 6.07 Å². The molecule has 7 heteroatoms. The first kappa shape index (κ1) is 18.5. The largest absolute Gasteiger partial charge is 0.416 e. The maximum atomic E-state index is 13.0. The number of fused-ring (bicyclic) bond motifs is 1. The third-order valence-electron chi connectivity index (χ3n) is 5.61. The van der Waals surface area contributed by atoms with Crippen LogP contribution in [0.5, 0.6) is 0 Å². The Morgan fingerprint density at radius 1 is 1.04 bits per heavy atom. The normalized spacial score (nSPS) is 20.4. The Labute approximate surface area is 156 Å². The molecule has 2 fully saturated rings. The zero-order chi connectivity index (χ0) is 19.0. The van der Waals surface area contributed by atoms with Crippen molar-refractivity contribution in [2.24, 2.45) is 0 Å². The second-order valence-corrected chi connectivity index (χ2v) is 7.38. The number of nitrogens with zero attached hydrogens (tertiary/aromatic N) is 3. The topological polar surface area (TPSA) is 28.6 Å². The summed E-state index contributed by atoms with van der Waals surface area (Å²) in [4.78, 5) is 9.14. The van der Waals surface area contributed by atoms with Crippen molar-refractivity contribution in [3.63, 3.8) is 0 Å². The predicted octanol–water partition coefficient (Wildman–Crippen LogP) is 3.86. The molecule has 0 unspecified atom stereocenters. The first-order valence-electron chi connectivity index (χ1n) is 9.47. The van der Waals surface area contributed by atoms with Crippen molar-refractivity contribution in [1.82, 2.24) is 9.88 Å². The van der Waals surface area contributed by atoms with E-state index >= 15 is 0 Å². The summed E-state index contributed by atoms with van der Waals surface area (Å²) in [6, 6.07) is 6.44. The van der Waals surface area contributed by atoms with Crippen LogP contribution < -0.4 is 4.90 Å². The number of piperidine rings is 1. The highest BCUT2D eigenvalue weighted by atomic mass is 19.4. The van der Waals surface area contributed by atoms with Gasteiger partial charge in [0.2, 0.25) is 0 Å². The molecule has 0 amide bonds. The van der Waals surface area contributed by atoms with Crippen LogP contribution in [0.15, 0.2) is 24.3 Å². The van der Waals surface area contributed by atoms with Crippen LogP contribution in [-0.4, -0.2) is 55.3 Å². The van der Waals surface area contributed by atoms with Crippen LogP contribution in [0.2, 0.25) is 0 Å². The third kappa shape index (κ3) is 3.89. The molecule has 0 atom stereocenters. The fourth-order valence-corrected chi connectivity index (χ4v) is 4.19. The quantitative estimate of drug-likeness (QED) is 0.792. The minimum atomic E-state index is -4.35. The molecule has 2 aromatic rings. The number of ether oxygens (including phenoxy) is 1. The van der Waals surface area contributed by atoms with Crippen LogP contribution in [-0.2, 0) is 10.9 Å². The minimum Gasteiger partial charge on any atom is -0.379 e. The van der Waals surface area contributed by atoms with Crippen LogP contribution in [0.3, 0.4) is 0 Å². The summed E-state index contributed by atoms with van der Waals surface area (Å²) in [5.74, 6) is 0. The monoisotopic (exact) mass is 379 g/mol. The minimum absolute atomic E-state index is 0.412. The van der Waals surface area contributed by atoms with Crippen molar-refractivity contribution in [2.75, 3.05) is 44.3 Å². The number of morpholine rings is 1. The maximum absolute atomic E-state index is 13.0. The van der Waals surface area contributed by atoms with Gasteiger partial charge < -0.3 is 9.64 Å². The molecule has 146 valence electrons. The lowest BCUT2D eigenvalue weighted by molar-refractivity contribution is -0.137. The smallest absolute Gasteiger partial charge is 0.379 e. The van der Waals surface area contributed by atoms with Crippen LogP contribution >= 0.6 is 0 Å². The number of hydrogen-bond acceptors (Lipinski definition) is 4. The van der Waals surface area contributed by atoms with E-state index in [1.54, 1.807) is 6.07 Å². The van der Waals surface area contributed by atoms with Gasteiger partial charge in [-0.25, -0.2) is 0 Å². The SMILES string of the molecule is Cc1cc(N2CCC(N3CCOCC3)CC2)c2ccc(C(F)(F)F)cc2n1. The van der Waals surface area contributed by atoms with E-state index in [4.69, 9.17) is 4.74 Å². The molecule has 0 aliphatic carbocycles. The Balaban J connectivity index is 1.57. The van der Waals surface area contributed by atoms with Gasteiger partial charge in [-0.3, -0.25) is 9.88 Å². The highest BCUT2D eigenvalue weighted by Crippen LogP contribution is 2.35. The summed E-state index contributed by atoms with van der Waals surface area (Å²) in [6.07, 6.45) is -2.23. The van der Waals surface area contributed by atoms with Crippen LogP contribution in [0.1, 0.15) is 24.1 Å². The van der Waals surface area contributed by atoms with Gasteiger partial charge in [0.25, 0.3) is 0 Å². The van der Waals surface area contributed by atoms with E-state index in [1.807, 2.05) is 13.0 Å². The average molecular weight is 379 g/mol. The summed E-state index contributed by atoms with van der Waals surface area (Å²) in [5, 5.41) is 0.790. The van der Waals surface area contributed by atoms with Gasteiger partial charge in [0.05, 0.1) is 24.3 Å². The van der Waals surface area contributed by atoms with Crippen LogP contribution in [0, 0.1) is 6.92 Å². The molecular formula is C20H24F3N3O. The van der Waals surface area contributed by atoms with Crippen molar-refractivity contribution < 1.29 is 17.9 Å². The molecule has 0 N–H and O–H groups in total. The van der Waals surface area contributed by atoms with Crippen LogP contribution in [0.4, 0.5) is 18.9 Å². The number of aromatic nitrogens is 1. The Hall–Kier alpha value is -1.86. The number of rotatable bonds is 2. The van der Waals surface area contributed by atoms with Crippen molar-refractivity contribution in [1.29, 1.82) is 0 Å². The first-order valence-corrected chi connectivity index (χ1v) is 9.47. The molecule has 2 saturated heterocycles. The number of halogens is 3. The van der Waals surface area contributed by atoms with E-state index in [1.165, 1.54) is 0 Å². The molecule has 2 aliphatic heterocycles. The second-order valence-electron chi connectivity index (χ2n) is 7.38. The molecule has 0 radical (unpaired) electrons. The van der Waals surface area contributed by atoms with Gasteiger partial charge >= 0.3 is 6.18 Å². The fraction of sp³-hybridized carbons (Fsp3) is 0.550. The van der Waals surface area contributed by atoms with E-state index in [-0.39, 0.29) is 0 Å². The second kappa shape index (κ2) is 7.28. The summed E-state index contributed by atoms with van der Waals surface area (Å²) in [6.45, 7) is 7.23. The summed E-state index contributed by atoms with van der Waals surface area (Å²) in [5.41, 5.74) is 1.50. The van der Waals surface area contributed by atoms with Gasteiger partial charge in [0.15, 0.2) is 0 Å². The standard InChI is InChI=1S/C20H24F3N3O/c1-14-12-19(17-3-2-15(20(21,22)23)13-18(17)24-14)26-6-4-16(5-7-26)25-8-10-27-11-9-25/h2-3,12-13,16H,4-11H2,1H3. The lowest BCUT2D eigenvalue weighted by Crippen LogP contribution is -2.49. The number of benzene rings is 1. The molecule has 4 rings (SSSR count). The van der Waals surface area contributed by atoms with E-state index in [2.05, 4.69) is 14.8 Å². The summed E-state index contributed by atoms with van der Waals surface area (Å²) < 4.78 is 44.6. The Bertz CT molecular complexity index is 810. The Morgan fingerprint density at radius 3 is 2.41 bits per heavy atom. The van der Waals surface area contributed by atoms with E-state index < -0.39 is 11.7 Å². The maximum Gasteiger partial charge on any atom is 0.416 e. The van der Waals surface area contributed by atoms with Crippen molar-refractivity contribution in [2.45, 2.75) is 32.0 Å². The molecule has 3 heterocycles. The van der Waals surface area contributed by atoms with Gasteiger partial charge in [0.1, 0.15) is 0 Å². The zero-order valence-corrected chi connectivity index (χ0v) is 15.4. The molecule has 0 spiro atoms. The molecule has 2 aliphatic rings. The highest BCUT2D eigenvalue weighted by molar-refractivity contribution is 5.92. The molecular weight excluding hydrogens is 355 g/mol. The highest BCUT2D eigenvalue weighted by Gasteiger charge is 2.31. The number of hydrogen-bond donors (Lipinski definition) is 0. The lowest BCUT2D eigenvalue weighted by Gasteiger charge is -2.41. The molecule has 27 heavy (non-hydrogen) atoms. The fourth-order valence-electron chi connectivity index (χ4n) is 4.19. The number of aryl methyl sites for hydroxylation is 1. The molecule has 4 nitrogen and oxygen atoms in total. The molecule has 1 aromatic carbocycles. The summed E-state index contributed by atoms with van der Waals surface area (Å²) >= 11 is 0.